The van der Waals surface area contributed by atoms with Gasteiger partial charge in [0.25, 0.3) is 0 Å². The average molecular weight is 1230 g/mol. The Balaban J connectivity index is 0.000000258. The van der Waals surface area contributed by atoms with E-state index in [-0.39, 0.29) is 46.1 Å². The van der Waals surface area contributed by atoms with Crippen molar-refractivity contribution in [3.63, 3.8) is 0 Å². The molecule has 6 rings (SSSR count). The third-order valence-corrected chi connectivity index (χ3v) is 12.0. The maximum Gasteiger partial charge on any atom is 0.437 e. The minimum Gasteiger partial charge on any atom is -0.465 e. The summed E-state index contributed by atoms with van der Waals surface area (Å²) in [5, 5.41) is 17.1. The fourth-order valence-corrected chi connectivity index (χ4v) is 8.54. The second-order valence-corrected chi connectivity index (χ2v) is 16.7. The number of benzene rings is 2. The molecule has 0 spiro atoms. The van der Waals surface area contributed by atoms with Crippen LogP contribution in [0.4, 0.5) is 61.5 Å². The first kappa shape index (κ1) is 54.8. The first-order valence-electron chi connectivity index (χ1n) is 18.1. The monoisotopic (exact) mass is 1220 g/mol. The summed E-state index contributed by atoms with van der Waals surface area (Å²) in [5.74, 6) is -2.25. The first-order valence-corrected chi connectivity index (χ1v) is 21.5. The van der Waals surface area contributed by atoms with E-state index in [1.165, 1.54) is 67.3 Å². The zero-order valence-electron chi connectivity index (χ0n) is 33.8. The van der Waals surface area contributed by atoms with E-state index in [2.05, 4.69) is 67.5 Å². The van der Waals surface area contributed by atoms with E-state index >= 15 is 0 Å². The Morgan fingerprint density at radius 1 is 0.609 bits per heavy atom. The van der Waals surface area contributed by atoms with Crippen LogP contribution in [0.1, 0.15) is 32.1 Å². The number of carbonyl (C=O) groups is 2. The van der Waals surface area contributed by atoms with Gasteiger partial charge in [0, 0.05) is 23.5 Å². The molecule has 0 saturated heterocycles. The van der Waals surface area contributed by atoms with Crippen molar-refractivity contribution in [2.45, 2.75) is 48.0 Å². The molecule has 69 heavy (non-hydrogen) atoms. The second kappa shape index (κ2) is 19.9. The van der Waals surface area contributed by atoms with Gasteiger partial charge >= 0.3 is 48.0 Å². The smallest absolute Gasteiger partial charge is 0.437 e. The number of carbonyl (C=O) groups excluding carboxylic acids is 2. The van der Waals surface area contributed by atoms with Gasteiger partial charge in [-0.2, -0.15) is 68.1 Å². The molecule has 30 heteroatoms. The van der Waals surface area contributed by atoms with Crippen molar-refractivity contribution in [3.8, 4) is 40.0 Å². The Kier molecular flexibility index (Phi) is 15.9. The molecule has 0 atom stereocenters. The fourth-order valence-electron chi connectivity index (χ4n) is 6.42. The molecule has 4 aromatic heterocycles. The Morgan fingerprint density at radius 2 is 0.957 bits per heavy atom. The van der Waals surface area contributed by atoms with Crippen LogP contribution in [0, 0.1) is 11.3 Å². The minimum absolute atomic E-state index is 0.00620. The zero-order valence-corrected chi connectivity index (χ0v) is 40.1. The van der Waals surface area contributed by atoms with Crippen LogP contribution in [0.3, 0.4) is 0 Å². The lowest BCUT2D eigenvalue weighted by Gasteiger charge is -2.30. The molecule has 0 saturated carbocycles. The van der Waals surface area contributed by atoms with Gasteiger partial charge in [0.2, 0.25) is 0 Å². The summed E-state index contributed by atoms with van der Waals surface area (Å²) in [6.07, 6.45) is -20.4. The number of hydrogen-bond donors (Lipinski definition) is 0. The summed E-state index contributed by atoms with van der Waals surface area (Å²) < 4.78 is 201. The Hall–Kier alpha value is -5.11. The maximum atomic E-state index is 14.8. The molecule has 11 nitrogen and oxygen atoms in total. The molecular weight excluding hydrogens is 1210 g/mol. The number of esters is 2. The molecule has 2 aromatic carbocycles. The summed E-state index contributed by atoms with van der Waals surface area (Å²) >= 11 is 20.5. The van der Waals surface area contributed by atoms with Crippen molar-refractivity contribution in [2.24, 2.45) is 0 Å². The van der Waals surface area contributed by atoms with Crippen LogP contribution in [0.2, 0.25) is 10.0 Å². The number of alkyl halides is 15. The topological polar surface area (TPSA) is 122 Å². The predicted octanol–water partition coefficient (Wildman–Crippen LogP) is 13.5. The highest BCUT2D eigenvalue weighted by atomic mass is 79.9. The fraction of sp³-hybridized carbons (Fsp3) is 0.256. The Labute approximate surface area is 412 Å². The van der Waals surface area contributed by atoms with E-state index in [0.717, 1.165) is 23.6 Å². The van der Waals surface area contributed by atoms with Gasteiger partial charge in [0.05, 0.1) is 79.6 Å². The van der Waals surface area contributed by atoms with Gasteiger partial charge in [0.15, 0.2) is 0 Å². The van der Waals surface area contributed by atoms with Gasteiger partial charge < -0.3 is 18.6 Å². The van der Waals surface area contributed by atoms with E-state index in [1.807, 2.05) is 0 Å². The number of methoxy groups -OCH3 is 2. The van der Waals surface area contributed by atoms with Crippen molar-refractivity contribution in [2.75, 3.05) is 14.2 Å². The molecule has 0 N–H and O–H groups in total. The molecule has 0 aliphatic rings. The lowest BCUT2D eigenvalue weighted by molar-refractivity contribution is -0.351. The molecule has 0 amide bonds. The Morgan fingerprint density at radius 3 is 1.28 bits per heavy atom. The summed E-state index contributed by atoms with van der Waals surface area (Å²) in [6, 6.07) is 10.6. The van der Waals surface area contributed by atoms with E-state index in [1.54, 1.807) is 0 Å². The lowest BCUT2D eigenvalue weighted by Crippen LogP contribution is -2.51. The summed E-state index contributed by atoms with van der Waals surface area (Å²) in [5.41, 5.74) is -14.2. The summed E-state index contributed by atoms with van der Waals surface area (Å²) in [7, 11) is 2.29. The summed E-state index contributed by atoms with van der Waals surface area (Å²) in [6.45, 7) is -1.06. The molecular formula is C39H22Br3Cl2F14N7O4. The van der Waals surface area contributed by atoms with Gasteiger partial charge in [-0.1, -0.05) is 51.3 Å². The number of aromatic nitrogens is 6. The largest absolute Gasteiger partial charge is 0.465 e. The third-order valence-electron chi connectivity index (χ3n) is 9.67. The van der Waals surface area contributed by atoms with Gasteiger partial charge in [0.1, 0.15) is 18.2 Å². The number of ether oxygens (including phenoxy) is 2. The van der Waals surface area contributed by atoms with Crippen molar-refractivity contribution in [3.05, 3.63) is 115 Å². The van der Waals surface area contributed by atoms with Crippen LogP contribution < -0.4 is 0 Å². The molecule has 0 unspecified atom stereocenters. The van der Waals surface area contributed by atoms with Crippen LogP contribution in [0.5, 0.6) is 0 Å². The number of rotatable bonds is 10. The maximum absolute atomic E-state index is 14.8. The molecule has 0 aliphatic carbocycles. The van der Waals surface area contributed by atoms with E-state index in [9.17, 15) is 71.1 Å². The van der Waals surface area contributed by atoms with Crippen molar-refractivity contribution >= 4 is 82.9 Å². The third kappa shape index (κ3) is 10.1. The number of hydrogen-bond acceptors (Lipinski definition) is 7. The molecule has 370 valence electrons. The highest BCUT2D eigenvalue weighted by Gasteiger charge is 2.76. The van der Waals surface area contributed by atoms with Crippen LogP contribution in [-0.2, 0) is 32.8 Å². The van der Waals surface area contributed by atoms with Gasteiger partial charge in [-0.15, -0.1) is 0 Å². The van der Waals surface area contributed by atoms with Gasteiger partial charge in [-0.3, -0.25) is 0 Å². The van der Waals surface area contributed by atoms with E-state index in [4.69, 9.17) is 28.5 Å². The Bertz CT molecular complexity index is 2930. The molecule has 0 fully saturated rings. The molecule has 0 aliphatic heterocycles. The predicted molar refractivity (Wildman–Crippen MR) is 226 cm³/mol. The van der Waals surface area contributed by atoms with Crippen LogP contribution in [0.15, 0.2) is 82.3 Å². The SMILES string of the molecule is COC(=O)c1cc(-c2cnn(-c3c(Br)cc(C(F)(C(F)(F)F)C(F)(F)F)n3CBr)c2)ccc1Cl.COC(=O)c1cc(-c2cnn(-c3c(Br)cc(C(F)(C(F)(F)F)C(F)(F)F)n3CC#N)c2)ccc1Cl. The highest BCUT2D eigenvalue weighted by molar-refractivity contribution is 9.11. The number of halogens is 19. The second-order valence-electron chi connectivity index (χ2n) is 13.7. The van der Waals surface area contributed by atoms with Gasteiger partial charge in [-0.05, 0) is 79.4 Å². The first-order chi connectivity index (χ1) is 31.8. The van der Waals surface area contributed by atoms with Crippen LogP contribution in [0.25, 0.3) is 33.9 Å². The standard InChI is InChI=1S/C20H11BrClF7N4O2.C19H11Br2ClF7N3O2/c1-35-17(34)12-6-10(2-3-14(12)22)11-8-31-33(9-11)16-13(21)7-15(32(16)5-4-30)18(23,19(24,25)26)20(27,28)29;1-34-16(33)11-4-9(2-3-13(11)22)10-6-30-32(7-10)15-12(21)5-14(31(15)8-20)17(23,18(24,25)26)19(27,28)29/h2-3,6-9H,5H2,1H3;2-7H,8H2,1H3. The summed E-state index contributed by atoms with van der Waals surface area (Å²) in [4.78, 5) is 23.7. The van der Waals surface area contributed by atoms with Crippen LogP contribution >= 0.6 is 71.0 Å². The van der Waals surface area contributed by atoms with Crippen molar-refractivity contribution in [1.82, 2.24) is 28.7 Å². The van der Waals surface area contributed by atoms with E-state index < -0.39 is 77.2 Å². The number of nitriles is 1. The van der Waals surface area contributed by atoms with Crippen LogP contribution in [-0.4, -0.2) is 79.6 Å². The van der Waals surface area contributed by atoms with Gasteiger partial charge in [-0.25, -0.2) is 27.7 Å². The molecule has 4 heterocycles. The highest BCUT2D eigenvalue weighted by Crippen LogP contribution is 2.56. The molecule has 6 aromatic rings. The van der Waals surface area contributed by atoms with E-state index in [0.29, 0.717) is 33.4 Å². The number of nitrogens with zero attached hydrogens (tertiary/aromatic N) is 7. The average Bonchev–Trinajstić information content (AvgIpc) is 4.07. The normalized spacial score (nSPS) is 12.6. The molecule has 0 bridgehead atoms. The zero-order chi connectivity index (χ0) is 52.0. The minimum atomic E-state index is -6.38. The van der Waals surface area contributed by atoms with Crippen molar-refractivity contribution in [1.29, 1.82) is 5.26 Å². The van der Waals surface area contributed by atoms with Crippen molar-refractivity contribution < 1.29 is 80.5 Å². The lowest BCUT2D eigenvalue weighted by atomic mass is 10.0. The quantitative estimate of drug-likeness (QED) is 0.0760. The molecule has 0 radical (unpaired) electrons.